The van der Waals surface area contributed by atoms with Crippen LogP contribution in [0.2, 0.25) is 0 Å². The van der Waals surface area contributed by atoms with Crippen LogP contribution in [0.5, 0.6) is 0 Å². The van der Waals surface area contributed by atoms with Crippen molar-refractivity contribution in [2.24, 2.45) is 0 Å². The molecule has 1 aromatic heterocycles. The van der Waals surface area contributed by atoms with Gasteiger partial charge in [-0.15, -0.1) is 0 Å². The van der Waals surface area contributed by atoms with E-state index in [9.17, 15) is 0 Å². The fourth-order valence-corrected chi connectivity index (χ4v) is 0.540. The number of H-pyrrole nitrogens is 2. The molecule has 0 bridgehead atoms. The van der Waals surface area contributed by atoms with E-state index < -0.39 is 0 Å². The lowest BCUT2D eigenvalue weighted by molar-refractivity contribution is 0.372. The van der Waals surface area contributed by atoms with E-state index in [1.54, 1.807) is 6.26 Å². The first kappa shape index (κ1) is 3.62. The van der Waals surface area contributed by atoms with Crippen molar-refractivity contribution in [1.29, 1.82) is 0 Å². The van der Waals surface area contributed by atoms with E-state index in [4.69, 9.17) is 0 Å². The van der Waals surface area contributed by atoms with Crippen molar-refractivity contribution in [2.45, 2.75) is 0 Å². The maximum Gasteiger partial charge on any atom is 0.126 e. The van der Waals surface area contributed by atoms with Crippen LogP contribution >= 0.6 is 8.35 Å². The fraction of sp³-hybridized carbons (Fsp3) is 0. The van der Waals surface area contributed by atoms with Gasteiger partial charge in [-0.25, -0.2) is 0 Å². The molecule has 0 fully saturated rings. The largest absolute Gasteiger partial charge is 0.374 e. The quantitative estimate of drug-likeness (QED) is 0.508. The zero-order valence-corrected chi connectivity index (χ0v) is 4.06. The molecule has 6 heavy (non-hydrogen) atoms. The third-order valence-electron chi connectivity index (χ3n) is 0.402. The molecule has 3 nitrogen and oxygen atoms in total. The minimum absolute atomic E-state index is 0.635. The van der Waals surface area contributed by atoms with Gasteiger partial charge in [-0.3, -0.25) is 4.86 Å². The Hall–Kier alpha value is -0.560. The summed E-state index contributed by atoms with van der Waals surface area (Å²) in [5.41, 5.74) is 0. The van der Waals surface area contributed by atoms with Crippen molar-refractivity contribution in [1.82, 2.24) is 10.1 Å². The van der Waals surface area contributed by atoms with Gasteiger partial charge in [0.15, 0.2) is 0 Å². The number of nitrogens with one attached hydrogen (secondary N) is 2. The van der Waals surface area contributed by atoms with Gasteiger partial charge < -0.3 is 4.52 Å². The molecule has 4 heteroatoms. The van der Waals surface area contributed by atoms with Crippen LogP contribution in [-0.4, -0.2) is 10.1 Å². The lowest BCUT2D eigenvalue weighted by atomic mass is 11.1. The zero-order valence-electron chi connectivity index (χ0n) is 3.06. The minimum atomic E-state index is 0.635. The van der Waals surface area contributed by atoms with E-state index in [0.717, 1.165) is 0 Å². The number of hydrogen-bond acceptors (Lipinski definition) is 1. The molecule has 0 amide bonds. The highest BCUT2D eigenvalue weighted by molar-refractivity contribution is 7.24. The summed E-state index contributed by atoms with van der Waals surface area (Å²) in [6.45, 7) is 0. The van der Waals surface area contributed by atoms with Gasteiger partial charge in [0.1, 0.15) is 6.26 Å². The Morgan fingerprint density at radius 1 is 1.67 bits per heavy atom. The smallest absolute Gasteiger partial charge is 0.126 e. The monoisotopic (exact) mass is 104 g/mol. The van der Waals surface area contributed by atoms with Crippen molar-refractivity contribution in [3.8, 4) is 0 Å². The summed E-state index contributed by atoms with van der Waals surface area (Å²) >= 11 is 0. The Morgan fingerprint density at radius 2 is 2.67 bits per heavy atom. The van der Waals surface area contributed by atoms with Crippen LogP contribution < -0.4 is 0 Å². The lowest BCUT2D eigenvalue weighted by Gasteiger charge is -1.77. The van der Waals surface area contributed by atoms with Gasteiger partial charge in [0, 0.05) is 5.80 Å². The average Bonchev–Trinajstić information content (AvgIpc) is 1.72. The summed E-state index contributed by atoms with van der Waals surface area (Å²) in [5.74, 6) is 1.90. The molecule has 1 heterocycles. The van der Waals surface area contributed by atoms with Gasteiger partial charge in [0.25, 0.3) is 0 Å². The van der Waals surface area contributed by atoms with Crippen LogP contribution in [0.15, 0.2) is 16.6 Å². The van der Waals surface area contributed by atoms with Gasteiger partial charge in [-0.05, 0) is 8.35 Å². The summed E-state index contributed by atoms with van der Waals surface area (Å²) in [4.78, 5) is 2.75. The third-order valence-corrected chi connectivity index (χ3v) is 0.951. The van der Waals surface area contributed by atoms with Crippen LogP contribution in [0.4, 0.5) is 0 Å². The second-order valence-corrected chi connectivity index (χ2v) is 1.66. The first-order chi connectivity index (χ1) is 3.00. The highest BCUT2D eigenvalue weighted by Crippen LogP contribution is 1.88. The molecular formula is C2H5N2OP. The Morgan fingerprint density at radius 3 is 2.83 bits per heavy atom. The molecule has 2 N–H and O–H groups in total. The predicted octanol–water partition coefficient (Wildman–Crippen LogP) is 1.09. The van der Waals surface area contributed by atoms with E-state index in [1.165, 1.54) is 0 Å². The lowest BCUT2D eigenvalue weighted by Crippen LogP contribution is -1.63. The summed E-state index contributed by atoms with van der Waals surface area (Å²) < 4.78 is 4.53. The molecule has 0 aliphatic carbocycles. The second-order valence-electron chi connectivity index (χ2n) is 0.792. The molecule has 0 radical (unpaired) electrons. The molecule has 0 saturated heterocycles. The number of hydrogen-bond donors (Lipinski definition) is 2. The van der Waals surface area contributed by atoms with Crippen molar-refractivity contribution in [3.05, 3.63) is 12.1 Å². The third kappa shape index (κ3) is 0.692. The molecule has 0 aliphatic heterocycles. The number of rotatable bonds is 0. The molecule has 1 rings (SSSR count). The summed E-state index contributed by atoms with van der Waals surface area (Å²) in [6, 6.07) is 0. The van der Waals surface area contributed by atoms with E-state index in [0.29, 0.717) is 8.35 Å². The van der Waals surface area contributed by atoms with Crippen LogP contribution in [-0.2, 0) is 0 Å². The van der Waals surface area contributed by atoms with Crippen molar-refractivity contribution in [3.63, 3.8) is 0 Å². The highest BCUT2D eigenvalue weighted by atomic mass is 31.0. The Balaban J connectivity index is 3.00. The summed E-state index contributed by atoms with van der Waals surface area (Å²) in [7, 11) is 0.635. The summed E-state index contributed by atoms with van der Waals surface area (Å²) in [5, 5.41) is 2.46. The normalized spacial score (nSPS) is 9.33. The molecule has 1 aromatic rings. The maximum atomic E-state index is 4.53. The maximum absolute atomic E-state index is 4.53. The van der Waals surface area contributed by atoms with Gasteiger partial charge in [-0.2, -0.15) is 5.27 Å². The number of aromatic nitrogens is 2. The highest BCUT2D eigenvalue weighted by Gasteiger charge is 1.54. The molecular weight excluding hydrogens is 99.0 g/mol. The topological polar surface area (TPSA) is 44.7 Å². The van der Waals surface area contributed by atoms with E-state index in [2.05, 4.69) is 14.7 Å². The molecule has 0 spiro atoms. The molecule has 1 unspecified atom stereocenters. The van der Waals surface area contributed by atoms with Gasteiger partial charge >= 0.3 is 0 Å². The van der Waals surface area contributed by atoms with Crippen LogP contribution in [0, 0.1) is 0 Å². The van der Waals surface area contributed by atoms with Crippen LogP contribution in [0.1, 0.15) is 0 Å². The molecule has 0 aromatic carbocycles. The molecule has 34 valence electrons. The van der Waals surface area contributed by atoms with Gasteiger partial charge in [-0.1, -0.05) is 0 Å². The summed E-state index contributed by atoms with van der Waals surface area (Å²) in [6.07, 6.45) is 1.61. The van der Waals surface area contributed by atoms with E-state index in [-0.39, 0.29) is 0 Å². The van der Waals surface area contributed by atoms with Gasteiger partial charge in [0.2, 0.25) is 0 Å². The molecule has 0 aliphatic rings. The van der Waals surface area contributed by atoms with Crippen molar-refractivity contribution in [2.75, 3.05) is 0 Å². The number of aromatic amines is 2. The first-order valence-corrected chi connectivity index (χ1v) is 2.64. The first-order valence-electron chi connectivity index (χ1n) is 1.56. The van der Waals surface area contributed by atoms with E-state index in [1.807, 2.05) is 5.80 Å². The fourth-order valence-electron chi connectivity index (χ4n) is 0.203. The predicted molar refractivity (Wildman–Crippen MR) is 24.5 cm³/mol. The van der Waals surface area contributed by atoms with Crippen LogP contribution in [0.25, 0.3) is 0 Å². The zero-order chi connectivity index (χ0) is 4.24. The Kier molecular flexibility index (Phi) is 1.07. The minimum Gasteiger partial charge on any atom is -0.374 e. The Bertz CT molecular complexity index is 83.5. The molecule has 0 saturated carbocycles. The SMILES string of the molecule is c1c[pH][nH][nH]o1. The standard InChI is InChI=1S/C2H5N2OP/c1-2-6-4-3-5-1/h1-4,6H. The second kappa shape index (κ2) is 1.78. The molecule has 1 atom stereocenters. The van der Waals surface area contributed by atoms with Crippen molar-refractivity contribution < 1.29 is 4.52 Å². The Labute approximate surface area is 36.2 Å². The van der Waals surface area contributed by atoms with E-state index >= 15 is 0 Å². The van der Waals surface area contributed by atoms with Crippen LogP contribution in [0.3, 0.4) is 0 Å². The van der Waals surface area contributed by atoms with Gasteiger partial charge in [0.05, 0.1) is 0 Å². The van der Waals surface area contributed by atoms with Crippen molar-refractivity contribution >= 4 is 8.35 Å². The average molecular weight is 104 g/mol.